The van der Waals surface area contributed by atoms with Crippen LogP contribution in [0.25, 0.3) is 0 Å². The lowest BCUT2D eigenvalue weighted by atomic mass is 9.95. The lowest BCUT2D eigenvalue weighted by Crippen LogP contribution is -2.57. The third-order valence-electron chi connectivity index (χ3n) is 4.22. The monoisotopic (exact) mass is 280 g/mol. The van der Waals surface area contributed by atoms with Crippen molar-refractivity contribution < 1.29 is 13.2 Å². The second-order valence-electron chi connectivity index (χ2n) is 5.82. The number of piperazine rings is 1. The fraction of sp³-hybridized carbons (Fsp3) is 1.00. The van der Waals surface area contributed by atoms with Gasteiger partial charge in [-0.1, -0.05) is 20.3 Å². The van der Waals surface area contributed by atoms with E-state index in [0.29, 0.717) is 24.4 Å². The van der Waals surface area contributed by atoms with Crippen LogP contribution in [0, 0.1) is 5.92 Å². The molecule has 1 aliphatic heterocycles. The molecule has 1 rings (SSSR count). The van der Waals surface area contributed by atoms with E-state index in [9.17, 15) is 13.2 Å². The van der Waals surface area contributed by atoms with Crippen LogP contribution in [0.15, 0.2) is 0 Å². The van der Waals surface area contributed by atoms with E-state index in [4.69, 9.17) is 0 Å². The molecule has 114 valence electrons. The van der Waals surface area contributed by atoms with E-state index in [1.54, 1.807) is 0 Å². The summed E-state index contributed by atoms with van der Waals surface area (Å²) in [7, 11) is 0. The fourth-order valence-corrected chi connectivity index (χ4v) is 2.57. The highest BCUT2D eigenvalue weighted by molar-refractivity contribution is 4.86. The first-order valence-electron chi connectivity index (χ1n) is 7.37. The van der Waals surface area contributed by atoms with E-state index in [0.717, 1.165) is 26.1 Å². The van der Waals surface area contributed by atoms with Gasteiger partial charge in [0.15, 0.2) is 0 Å². The summed E-state index contributed by atoms with van der Waals surface area (Å²) < 4.78 is 36.3. The standard InChI is InChI=1S/C14H27F3N2/c1-4-11(2)13-10-19(12(3)9-18-13)8-6-5-7-14(15,16)17/h11-13,18H,4-10H2,1-3H3. The number of rotatable bonds is 6. The van der Waals surface area contributed by atoms with Gasteiger partial charge in [0.1, 0.15) is 0 Å². The van der Waals surface area contributed by atoms with Crippen LogP contribution in [-0.4, -0.2) is 42.8 Å². The molecule has 0 aromatic carbocycles. The number of hydrogen-bond acceptors (Lipinski definition) is 2. The van der Waals surface area contributed by atoms with Crippen LogP contribution in [0.3, 0.4) is 0 Å². The summed E-state index contributed by atoms with van der Waals surface area (Å²) in [5.74, 6) is 0.616. The first-order chi connectivity index (χ1) is 8.83. The van der Waals surface area contributed by atoms with E-state index in [1.165, 1.54) is 0 Å². The van der Waals surface area contributed by atoms with E-state index in [1.807, 2.05) is 0 Å². The van der Waals surface area contributed by atoms with Crippen molar-refractivity contribution in [2.24, 2.45) is 5.92 Å². The fourth-order valence-electron chi connectivity index (χ4n) is 2.57. The van der Waals surface area contributed by atoms with Gasteiger partial charge in [-0.2, -0.15) is 13.2 Å². The van der Waals surface area contributed by atoms with Crippen LogP contribution in [0.4, 0.5) is 13.2 Å². The largest absolute Gasteiger partial charge is 0.389 e. The third kappa shape index (κ3) is 6.13. The molecule has 0 radical (unpaired) electrons. The minimum absolute atomic E-state index is 0.244. The van der Waals surface area contributed by atoms with Crippen molar-refractivity contribution in [3.8, 4) is 0 Å². The minimum Gasteiger partial charge on any atom is -0.311 e. The smallest absolute Gasteiger partial charge is 0.311 e. The summed E-state index contributed by atoms with van der Waals surface area (Å²) >= 11 is 0. The Kier molecular flexibility index (Phi) is 6.60. The van der Waals surface area contributed by atoms with Crippen LogP contribution in [0.1, 0.15) is 46.5 Å². The zero-order valence-corrected chi connectivity index (χ0v) is 12.3. The molecule has 1 fully saturated rings. The highest BCUT2D eigenvalue weighted by atomic mass is 19.4. The Labute approximate surface area is 114 Å². The summed E-state index contributed by atoms with van der Waals surface area (Å²) in [4.78, 5) is 2.34. The van der Waals surface area contributed by atoms with Gasteiger partial charge in [0.05, 0.1) is 0 Å². The maximum atomic E-state index is 12.1. The second-order valence-corrected chi connectivity index (χ2v) is 5.82. The van der Waals surface area contributed by atoms with Gasteiger partial charge in [-0.25, -0.2) is 0 Å². The van der Waals surface area contributed by atoms with Crippen LogP contribution in [0.5, 0.6) is 0 Å². The van der Waals surface area contributed by atoms with Crippen molar-refractivity contribution >= 4 is 0 Å². The average molecular weight is 280 g/mol. The van der Waals surface area contributed by atoms with Gasteiger partial charge >= 0.3 is 6.18 Å². The van der Waals surface area contributed by atoms with Gasteiger partial charge in [0.2, 0.25) is 0 Å². The number of unbranched alkanes of at least 4 members (excludes halogenated alkanes) is 1. The molecule has 0 aromatic heterocycles. The minimum atomic E-state index is -4.01. The molecule has 19 heavy (non-hydrogen) atoms. The summed E-state index contributed by atoms with van der Waals surface area (Å²) in [6.45, 7) is 9.24. The van der Waals surface area contributed by atoms with Crippen LogP contribution in [0.2, 0.25) is 0 Å². The van der Waals surface area contributed by atoms with Crippen molar-refractivity contribution in [3.05, 3.63) is 0 Å². The van der Waals surface area contributed by atoms with E-state index in [2.05, 4.69) is 31.0 Å². The van der Waals surface area contributed by atoms with Crippen molar-refractivity contribution in [1.82, 2.24) is 10.2 Å². The first-order valence-corrected chi connectivity index (χ1v) is 7.37. The van der Waals surface area contributed by atoms with Gasteiger partial charge in [-0.05, 0) is 32.2 Å². The Morgan fingerprint density at radius 2 is 2.00 bits per heavy atom. The van der Waals surface area contributed by atoms with Crippen molar-refractivity contribution in [2.75, 3.05) is 19.6 Å². The molecule has 2 nitrogen and oxygen atoms in total. The molecule has 0 saturated carbocycles. The highest BCUT2D eigenvalue weighted by Crippen LogP contribution is 2.23. The van der Waals surface area contributed by atoms with Crippen molar-refractivity contribution in [1.29, 1.82) is 0 Å². The Bertz CT molecular complexity index is 256. The molecule has 0 spiro atoms. The molecule has 0 aromatic rings. The van der Waals surface area contributed by atoms with Crippen LogP contribution in [-0.2, 0) is 0 Å². The molecule has 3 unspecified atom stereocenters. The molecule has 1 N–H and O–H groups in total. The Balaban J connectivity index is 2.30. The highest BCUT2D eigenvalue weighted by Gasteiger charge is 2.28. The maximum absolute atomic E-state index is 12.1. The normalized spacial score (nSPS) is 27.5. The van der Waals surface area contributed by atoms with E-state index in [-0.39, 0.29) is 6.42 Å². The first kappa shape index (κ1) is 16.8. The molecule has 1 heterocycles. The Hall–Kier alpha value is -0.290. The van der Waals surface area contributed by atoms with Crippen LogP contribution >= 0.6 is 0 Å². The second kappa shape index (κ2) is 7.48. The molecular weight excluding hydrogens is 253 g/mol. The summed E-state index contributed by atoms with van der Waals surface area (Å²) in [6.07, 6.45) is -2.64. The SMILES string of the molecule is CCC(C)C1CN(CCCCC(F)(F)F)C(C)CN1. The Morgan fingerprint density at radius 1 is 1.32 bits per heavy atom. The number of hydrogen-bond donors (Lipinski definition) is 1. The predicted molar refractivity (Wildman–Crippen MR) is 72.2 cm³/mol. The molecule has 1 saturated heterocycles. The van der Waals surface area contributed by atoms with Gasteiger partial charge in [-0.15, -0.1) is 0 Å². The molecule has 5 heteroatoms. The molecular formula is C14H27F3N2. The molecule has 3 atom stereocenters. The predicted octanol–water partition coefficient (Wildman–Crippen LogP) is 3.43. The van der Waals surface area contributed by atoms with E-state index < -0.39 is 12.6 Å². The average Bonchev–Trinajstić information content (AvgIpc) is 2.34. The van der Waals surface area contributed by atoms with E-state index >= 15 is 0 Å². The van der Waals surface area contributed by atoms with Gasteiger partial charge < -0.3 is 5.32 Å². The third-order valence-corrected chi connectivity index (χ3v) is 4.22. The van der Waals surface area contributed by atoms with Crippen LogP contribution < -0.4 is 5.32 Å². The topological polar surface area (TPSA) is 15.3 Å². The molecule has 0 amide bonds. The number of nitrogens with zero attached hydrogens (tertiary/aromatic N) is 1. The molecule has 0 aliphatic carbocycles. The number of nitrogens with one attached hydrogen (secondary N) is 1. The maximum Gasteiger partial charge on any atom is 0.389 e. The lowest BCUT2D eigenvalue weighted by Gasteiger charge is -2.41. The molecule has 1 aliphatic rings. The molecule has 0 bridgehead atoms. The summed E-state index contributed by atoms with van der Waals surface area (Å²) in [6, 6.07) is 0.898. The summed E-state index contributed by atoms with van der Waals surface area (Å²) in [5, 5.41) is 3.54. The van der Waals surface area contributed by atoms with Crippen molar-refractivity contribution in [3.63, 3.8) is 0 Å². The summed E-state index contributed by atoms with van der Waals surface area (Å²) in [5.41, 5.74) is 0. The van der Waals surface area contributed by atoms with Crippen molar-refractivity contribution in [2.45, 2.75) is 64.7 Å². The Morgan fingerprint density at radius 3 is 2.58 bits per heavy atom. The zero-order valence-electron chi connectivity index (χ0n) is 12.3. The van der Waals surface area contributed by atoms with Gasteiger partial charge in [-0.3, -0.25) is 4.90 Å². The number of alkyl halides is 3. The number of halogens is 3. The zero-order chi connectivity index (χ0) is 14.5. The van der Waals surface area contributed by atoms with Gasteiger partial charge in [0.25, 0.3) is 0 Å². The quantitative estimate of drug-likeness (QED) is 0.750. The lowest BCUT2D eigenvalue weighted by molar-refractivity contribution is -0.135. The van der Waals surface area contributed by atoms with Gasteiger partial charge in [0, 0.05) is 31.6 Å².